The summed E-state index contributed by atoms with van der Waals surface area (Å²) in [7, 11) is 0. The number of fused-ring (bicyclic) bond motifs is 5. The van der Waals surface area contributed by atoms with E-state index in [-0.39, 0.29) is 29.9 Å². The second kappa shape index (κ2) is 10.2. The van der Waals surface area contributed by atoms with E-state index in [1.807, 2.05) is 6.92 Å². The van der Waals surface area contributed by atoms with E-state index in [0.29, 0.717) is 31.1 Å². The highest BCUT2D eigenvalue weighted by Gasteiger charge is 2.72. The molecule has 11 heteroatoms. The van der Waals surface area contributed by atoms with Gasteiger partial charge in [0.2, 0.25) is 0 Å². The van der Waals surface area contributed by atoms with Gasteiger partial charge >= 0.3 is 11.9 Å². The van der Waals surface area contributed by atoms with E-state index >= 15 is 0 Å². The summed E-state index contributed by atoms with van der Waals surface area (Å²) in [4.78, 5) is 24.3. The van der Waals surface area contributed by atoms with Crippen molar-refractivity contribution in [2.75, 3.05) is 13.2 Å². The Kier molecular flexibility index (Phi) is 6.90. The van der Waals surface area contributed by atoms with Crippen LogP contribution in [0.3, 0.4) is 0 Å². The van der Waals surface area contributed by atoms with Crippen LogP contribution < -0.4 is 0 Å². The van der Waals surface area contributed by atoms with Crippen LogP contribution in [0.2, 0.25) is 0 Å². The zero-order chi connectivity index (χ0) is 30.6. The van der Waals surface area contributed by atoms with Gasteiger partial charge in [0.1, 0.15) is 31.0 Å². The molecule has 9 fully saturated rings. The Hall–Kier alpha value is -1.60. The highest BCUT2D eigenvalue weighted by molar-refractivity contribution is 5.88. The first-order valence-electron chi connectivity index (χ1n) is 16.7. The molecule has 44 heavy (non-hydrogen) atoms. The quantitative estimate of drug-likeness (QED) is 0.336. The summed E-state index contributed by atoms with van der Waals surface area (Å²) in [5.41, 5.74) is -1.16. The van der Waals surface area contributed by atoms with Gasteiger partial charge in [-0.2, -0.15) is 0 Å². The molecule has 2 N–H and O–H groups in total. The monoisotopic (exact) mass is 618 g/mol. The normalized spacial score (nSPS) is 53.3. The second-order valence-electron chi connectivity index (χ2n) is 15.6. The van der Waals surface area contributed by atoms with E-state index in [0.717, 1.165) is 51.4 Å². The summed E-state index contributed by atoms with van der Waals surface area (Å²) in [6, 6.07) is 0. The Labute approximate surface area is 257 Å². The second-order valence-corrected chi connectivity index (χ2v) is 15.6. The molecule has 11 atom stereocenters. The molecule has 244 valence electrons. The Morgan fingerprint density at radius 1 is 0.841 bits per heavy atom. The van der Waals surface area contributed by atoms with E-state index in [1.54, 1.807) is 0 Å². The maximum absolute atomic E-state index is 12.5. The Balaban J connectivity index is 1.04. The fourth-order valence-corrected chi connectivity index (χ4v) is 10.6. The molecule has 6 saturated carbocycles. The van der Waals surface area contributed by atoms with Crippen molar-refractivity contribution >= 4 is 11.9 Å². The number of hydrogen-bond acceptors (Lipinski definition) is 11. The molecule has 0 radical (unpaired) electrons. The number of ether oxygens (including phenoxy) is 7. The Morgan fingerprint density at radius 3 is 2.23 bits per heavy atom. The third-order valence-corrected chi connectivity index (χ3v) is 12.2. The van der Waals surface area contributed by atoms with Gasteiger partial charge in [-0.15, -0.1) is 0 Å². The SMILES string of the molecule is C=C(C)C(=O)OCC(=O)OC[C@H]1O[C@@H]2OC3(O[C@@H]2[C@H]2OC(C)(C4CC5CCCC(O)(C5)C4)O[C@H]21)C1CC2CC3CC(O)(C2)C1. The van der Waals surface area contributed by atoms with Crippen LogP contribution in [-0.4, -0.2) is 88.8 Å². The molecule has 0 aromatic carbocycles. The minimum absolute atomic E-state index is 0.0212. The third kappa shape index (κ3) is 4.79. The predicted octanol–water partition coefficient (Wildman–Crippen LogP) is 2.89. The van der Waals surface area contributed by atoms with Crippen molar-refractivity contribution in [2.45, 2.75) is 138 Å². The molecule has 1 spiro atoms. The standard InChI is InChI=1S/C33H46O11/c1-17(2)28(35)39-16-24(34)38-15-23-25-26(42-30(3,41-25)20-7-18-5-4-6-31(36,10-18)12-20)27-29(40-23)44-33(43-27)21-8-19-9-22(33)14-32(37,11-19)13-21/h18-23,25-27,29,36-37H,1,4-16H2,2-3H3/t18?,19?,20?,21?,22?,23-,25+,26+,27-,29-,30?,31?,32?,33?/m1/s1. The molecular formula is C33H46O11. The maximum Gasteiger partial charge on any atom is 0.344 e. The summed E-state index contributed by atoms with van der Waals surface area (Å²) >= 11 is 0. The predicted molar refractivity (Wildman–Crippen MR) is 150 cm³/mol. The molecule has 3 saturated heterocycles. The molecule has 3 heterocycles. The molecule has 3 aliphatic heterocycles. The van der Waals surface area contributed by atoms with Crippen LogP contribution in [-0.2, 0) is 42.7 Å². The van der Waals surface area contributed by atoms with Gasteiger partial charge in [-0.3, -0.25) is 0 Å². The van der Waals surface area contributed by atoms with Crippen molar-refractivity contribution in [3.63, 3.8) is 0 Å². The van der Waals surface area contributed by atoms with Crippen LogP contribution in [0.1, 0.15) is 84.5 Å². The lowest BCUT2D eigenvalue weighted by atomic mass is 9.51. The first-order chi connectivity index (χ1) is 20.9. The molecule has 0 aromatic heterocycles. The topological polar surface area (TPSA) is 139 Å². The van der Waals surface area contributed by atoms with Gasteiger partial charge < -0.3 is 43.4 Å². The lowest BCUT2D eigenvalue weighted by Gasteiger charge is -2.61. The van der Waals surface area contributed by atoms with E-state index < -0.39 is 72.0 Å². The average Bonchev–Trinajstić information content (AvgIpc) is 3.51. The van der Waals surface area contributed by atoms with Crippen LogP contribution >= 0.6 is 0 Å². The van der Waals surface area contributed by atoms with E-state index in [1.165, 1.54) is 6.92 Å². The van der Waals surface area contributed by atoms with Crippen molar-refractivity contribution in [2.24, 2.45) is 29.6 Å². The molecule has 11 nitrogen and oxygen atoms in total. The fraction of sp³-hybridized carbons (Fsp3) is 0.879. The number of hydrogen-bond donors (Lipinski definition) is 2. The summed E-state index contributed by atoms with van der Waals surface area (Å²) < 4.78 is 44.3. The van der Waals surface area contributed by atoms with Crippen LogP contribution in [0.4, 0.5) is 0 Å². The molecule has 9 aliphatic rings. The van der Waals surface area contributed by atoms with Crippen molar-refractivity contribution in [3.8, 4) is 0 Å². The number of aliphatic hydroxyl groups is 2. The zero-order valence-electron chi connectivity index (χ0n) is 25.7. The molecule has 6 aliphatic carbocycles. The highest BCUT2D eigenvalue weighted by atomic mass is 16.9. The van der Waals surface area contributed by atoms with Crippen LogP contribution in [0, 0.1) is 29.6 Å². The van der Waals surface area contributed by atoms with Gasteiger partial charge in [-0.1, -0.05) is 19.4 Å². The summed E-state index contributed by atoms with van der Waals surface area (Å²) in [6.45, 7) is 6.31. The van der Waals surface area contributed by atoms with E-state index in [2.05, 4.69) is 6.58 Å². The van der Waals surface area contributed by atoms with Gasteiger partial charge in [0, 0.05) is 23.3 Å². The molecule has 6 bridgehead atoms. The smallest absolute Gasteiger partial charge is 0.344 e. The average molecular weight is 619 g/mol. The minimum atomic E-state index is -0.991. The first-order valence-corrected chi connectivity index (χ1v) is 16.7. The lowest BCUT2D eigenvalue weighted by Crippen LogP contribution is -2.64. The molecule has 9 rings (SSSR count). The summed E-state index contributed by atoms with van der Waals surface area (Å²) in [5.74, 6) is -2.22. The number of esters is 2. The maximum atomic E-state index is 12.5. The van der Waals surface area contributed by atoms with Crippen molar-refractivity contribution < 1.29 is 53.0 Å². The largest absolute Gasteiger partial charge is 0.460 e. The van der Waals surface area contributed by atoms with E-state index in [9.17, 15) is 19.8 Å². The summed E-state index contributed by atoms with van der Waals surface area (Å²) in [5, 5.41) is 22.6. The van der Waals surface area contributed by atoms with Crippen LogP contribution in [0.5, 0.6) is 0 Å². The number of carbonyl (C=O) groups is 2. The minimum Gasteiger partial charge on any atom is -0.460 e. The van der Waals surface area contributed by atoms with Crippen LogP contribution in [0.25, 0.3) is 0 Å². The van der Waals surface area contributed by atoms with Crippen molar-refractivity contribution in [1.29, 1.82) is 0 Å². The Bertz CT molecular complexity index is 1200. The Morgan fingerprint density at radius 2 is 1.52 bits per heavy atom. The van der Waals surface area contributed by atoms with Gasteiger partial charge in [0.25, 0.3) is 0 Å². The molecular weight excluding hydrogens is 572 g/mol. The number of carbonyl (C=O) groups excluding carboxylic acids is 2. The van der Waals surface area contributed by atoms with Crippen LogP contribution in [0.15, 0.2) is 12.2 Å². The van der Waals surface area contributed by atoms with Gasteiger partial charge in [-0.05, 0) is 83.5 Å². The fourth-order valence-electron chi connectivity index (χ4n) is 10.6. The van der Waals surface area contributed by atoms with Crippen molar-refractivity contribution in [3.05, 3.63) is 12.2 Å². The van der Waals surface area contributed by atoms with Gasteiger partial charge in [0.05, 0.1) is 11.2 Å². The van der Waals surface area contributed by atoms with Gasteiger partial charge in [0.15, 0.2) is 24.5 Å². The van der Waals surface area contributed by atoms with E-state index in [4.69, 9.17) is 33.2 Å². The van der Waals surface area contributed by atoms with Crippen molar-refractivity contribution in [1.82, 2.24) is 0 Å². The zero-order valence-corrected chi connectivity index (χ0v) is 25.7. The lowest BCUT2D eigenvalue weighted by molar-refractivity contribution is -0.336. The highest BCUT2D eigenvalue weighted by Crippen LogP contribution is 2.65. The summed E-state index contributed by atoms with van der Waals surface area (Å²) in [6.07, 6.45) is 6.14. The first kappa shape index (κ1) is 29.8. The third-order valence-electron chi connectivity index (χ3n) is 12.2. The number of rotatable bonds is 6. The van der Waals surface area contributed by atoms with Gasteiger partial charge in [-0.25, -0.2) is 9.59 Å². The molecule has 0 amide bonds. The molecule has 6 unspecified atom stereocenters. The molecule has 0 aromatic rings.